The molecule has 2 amide bonds. The highest BCUT2D eigenvalue weighted by Crippen LogP contribution is 2.49. The molecule has 3 aliphatic rings. The van der Waals surface area contributed by atoms with E-state index >= 15 is 0 Å². The van der Waals surface area contributed by atoms with Gasteiger partial charge in [-0.2, -0.15) is 0 Å². The number of methoxy groups -OCH3 is 1. The second kappa shape index (κ2) is 4.45. The van der Waals surface area contributed by atoms with Gasteiger partial charge in [-0.05, 0) is 31.0 Å². The molecular formula is C15H14ClNO4. The van der Waals surface area contributed by atoms with Crippen LogP contribution in [0.25, 0.3) is 0 Å². The maximum Gasteiger partial charge on any atom is 0.240 e. The molecule has 4 unspecified atom stereocenters. The Balaban J connectivity index is 1.72. The lowest BCUT2D eigenvalue weighted by Gasteiger charge is -2.18. The molecule has 110 valence electrons. The lowest BCUT2D eigenvalue weighted by Crippen LogP contribution is -2.34. The highest BCUT2D eigenvalue weighted by Gasteiger charge is 2.62. The summed E-state index contributed by atoms with van der Waals surface area (Å²) in [6.45, 7) is 0. The zero-order valence-electron chi connectivity index (χ0n) is 11.4. The quantitative estimate of drug-likeness (QED) is 0.784. The number of anilines is 1. The van der Waals surface area contributed by atoms with Gasteiger partial charge in [0.2, 0.25) is 11.8 Å². The molecular weight excluding hydrogens is 294 g/mol. The molecule has 0 saturated carbocycles. The van der Waals surface area contributed by atoms with Crippen LogP contribution in [0.3, 0.4) is 0 Å². The predicted octanol–water partition coefficient (Wildman–Crippen LogP) is 2.02. The summed E-state index contributed by atoms with van der Waals surface area (Å²) in [5, 5.41) is 0.381. The molecule has 4 rings (SSSR count). The number of rotatable bonds is 2. The zero-order chi connectivity index (χ0) is 14.7. The molecule has 1 aromatic rings. The third-order valence-electron chi connectivity index (χ3n) is 4.68. The molecule has 0 aromatic heterocycles. The Bertz CT molecular complexity index is 619. The van der Waals surface area contributed by atoms with Crippen LogP contribution < -0.4 is 9.64 Å². The Kier molecular flexibility index (Phi) is 2.78. The van der Waals surface area contributed by atoms with E-state index in [0.717, 1.165) is 12.8 Å². The monoisotopic (exact) mass is 307 g/mol. The summed E-state index contributed by atoms with van der Waals surface area (Å²) in [6, 6.07) is 4.95. The Morgan fingerprint density at radius 1 is 1.19 bits per heavy atom. The van der Waals surface area contributed by atoms with Crippen molar-refractivity contribution in [3.05, 3.63) is 23.2 Å². The Morgan fingerprint density at radius 2 is 1.81 bits per heavy atom. The summed E-state index contributed by atoms with van der Waals surface area (Å²) < 4.78 is 10.8. The summed E-state index contributed by atoms with van der Waals surface area (Å²) >= 11 is 6.09. The van der Waals surface area contributed by atoms with Crippen LogP contribution in [0.15, 0.2) is 18.2 Å². The van der Waals surface area contributed by atoms with Crippen molar-refractivity contribution >= 4 is 29.1 Å². The molecule has 4 atom stereocenters. The molecule has 21 heavy (non-hydrogen) atoms. The van der Waals surface area contributed by atoms with Crippen molar-refractivity contribution in [3.63, 3.8) is 0 Å². The number of hydrogen-bond donors (Lipinski definition) is 0. The van der Waals surface area contributed by atoms with Gasteiger partial charge in [-0.15, -0.1) is 0 Å². The van der Waals surface area contributed by atoms with Crippen molar-refractivity contribution in [3.8, 4) is 5.75 Å². The molecule has 1 aromatic carbocycles. The largest absolute Gasteiger partial charge is 0.495 e. The van der Waals surface area contributed by atoms with E-state index in [-0.39, 0.29) is 35.9 Å². The van der Waals surface area contributed by atoms with E-state index in [1.54, 1.807) is 18.2 Å². The molecule has 0 N–H and O–H groups in total. The highest BCUT2D eigenvalue weighted by atomic mass is 35.5. The van der Waals surface area contributed by atoms with Gasteiger partial charge in [0.25, 0.3) is 0 Å². The van der Waals surface area contributed by atoms with Crippen LogP contribution >= 0.6 is 11.6 Å². The van der Waals surface area contributed by atoms with E-state index in [4.69, 9.17) is 21.1 Å². The maximum absolute atomic E-state index is 12.6. The van der Waals surface area contributed by atoms with Gasteiger partial charge in [0.05, 0.1) is 41.9 Å². The van der Waals surface area contributed by atoms with Gasteiger partial charge in [0, 0.05) is 0 Å². The SMILES string of the molecule is COc1ccc(N2C(=O)C3C4CCC(O4)C3C2=O)cc1Cl. The molecule has 0 radical (unpaired) electrons. The Hall–Kier alpha value is -1.59. The van der Waals surface area contributed by atoms with Gasteiger partial charge in [-0.3, -0.25) is 9.59 Å². The third kappa shape index (κ3) is 1.67. The average molecular weight is 308 g/mol. The van der Waals surface area contributed by atoms with Crippen LogP contribution in [0.1, 0.15) is 12.8 Å². The second-order valence-corrected chi connectivity index (χ2v) is 6.08. The fourth-order valence-electron chi connectivity index (χ4n) is 3.76. The minimum absolute atomic E-state index is 0.102. The van der Waals surface area contributed by atoms with Gasteiger partial charge in [-0.25, -0.2) is 4.90 Å². The number of carbonyl (C=O) groups is 2. The molecule has 3 heterocycles. The lowest BCUT2D eigenvalue weighted by atomic mass is 9.81. The molecule has 6 heteroatoms. The number of carbonyl (C=O) groups excluding carboxylic acids is 2. The topological polar surface area (TPSA) is 55.8 Å². The first kappa shape index (κ1) is 13.1. The molecule has 2 bridgehead atoms. The van der Waals surface area contributed by atoms with Crippen LogP contribution in [0.5, 0.6) is 5.75 Å². The number of hydrogen-bond acceptors (Lipinski definition) is 4. The van der Waals surface area contributed by atoms with E-state index in [9.17, 15) is 9.59 Å². The van der Waals surface area contributed by atoms with Crippen LogP contribution in [-0.2, 0) is 14.3 Å². The first-order valence-corrected chi connectivity index (χ1v) is 7.36. The molecule has 5 nitrogen and oxygen atoms in total. The number of fused-ring (bicyclic) bond motifs is 5. The molecule has 3 fully saturated rings. The Labute approximate surface area is 126 Å². The molecule has 0 aliphatic carbocycles. The van der Waals surface area contributed by atoms with E-state index in [2.05, 4.69) is 0 Å². The summed E-state index contributed by atoms with van der Waals surface area (Å²) in [7, 11) is 1.52. The fourth-order valence-corrected chi connectivity index (χ4v) is 4.01. The van der Waals surface area contributed by atoms with Crippen molar-refractivity contribution in [2.45, 2.75) is 25.0 Å². The second-order valence-electron chi connectivity index (χ2n) is 5.67. The van der Waals surface area contributed by atoms with Crippen molar-refractivity contribution in [2.24, 2.45) is 11.8 Å². The lowest BCUT2D eigenvalue weighted by molar-refractivity contribution is -0.124. The molecule has 0 spiro atoms. The summed E-state index contributed by atoms with van der Waals surface area (Å²) in [5.41, 5.74) is 0.504. The average Bonchev–Trinajstić information content (AvgIpc) is 3.13. The number of amides is 2. The summed E-state index contributed by atoms with van der Waals surface area (Å²) in [5.74, 6) is -0.464. The fraction of sp³-hybridized carbons (Fsp3) is 0.467. The normalized spacial score (nSPS) is 33.7. The van der Waals surface area contributed by atoms with Gasteiger partial charge in [-0.1, -0.05) is 11.6 Å². The minimum Gasteiger partial charge on any atom is -0.495 e. The van der Waals surface area contributed by atoms with Crippen LogP contribution in [0.2, 0.25) is 5.02 Å². The maximum atomic E-state index is 12.6. The number of imide groups is 1. The van der Waals surface area contributed by atoms with E-state index in [0.29, 0.717) is 16.5 Å². The van der Waals surface area contributed by atoms with Crippen LogP contribution in [-0.4, -0.2) is 31.1 Å². The molecule has 3 saturated heterocycles. The predicted molar refractivity (Wildman–Crippen MR) is 75.4 cm³/mol. The van der Waals surface area contributed by atoms with Gasteiger partial charge < -0.3 is 9.47 Å². The minimum atomic E-state index is -0.322. The van der Waals surface area contributed by atoms with E-state index in [1.807, 2.05) is 0 Å². The zero-order valence-corrected chi connectivity index (χ0v) is 12.2. The third-order valence-corrected chi connectivity index (χ3v) is 4.97. The number of benzene rings is 1. The highest BCUT2D eigenvalue weighted by molar-refractivity contribution is 6.33. The summed E-state index contributed by atoms with van der Waals surface area (Å²) in [6.07, 6.45) is 1.52. The first-order valence-electron chi connectivity index (χ1n) is 6.98. The number of nitrogens with zero attached hydrogens (tertiary/aromatic N) is 1. The molecule has 3 aliphatic heterocycles. The van der Waals surface area contributed by atoms with Crippen LogP contribution in [0.4, 0.5) is 5.69 Å². The number of halogens is 1. The van der Waals surface area contributed by atoms with E-state index in [1.165, 1.54) is 12.0 Å². The smallest absolute Gasteiger partial charge is 0.240 e. The summed E-state index contributed by atoms with van der Waals surface area (Å²) in [4.78, 5) is 26.5. The Morgan fingerprint density at radius 3 is 2.33 bits per heavy atom. The standard InChI is InChI=1S/C15H14ClNO4/c1-20-9-3-2-7(6-8(9)16)17-14(18)12-10-4-5-11(21-10)13(12)15(17)19/h2-3,6,10-13H,4-5H2,1H3. The van der Waals surface area contributed by atoms with Crippen LogP contribution in [0, 0.1) is 11.8 Å². The van der Waals surface area contributed by atoms with Gasteiger partial charge >= 0.3 is 0 Å². The van der Waals surface area contributed by atoms with Crippen molar-refractivity contribution < 1.29 is 19.1 Å². The van der Waals surface area contributed by atoms with Crippen molar-refractivity contribution in [2.75, 3.05) is 12.0 Å². The van der Waals surface area contributed by atoms with E-state index < -0.39 is 0 Å². The van der Waals surface area contributed by atoms with Gasteiger partial charge in [0.1, 0.15) is 5.75 Å². The van der Waals surface area contributed by atoms with Gasteiger partial charge in [0.15, 0.2) is 0 Å². The van der Waals surface area contributed by atoms with Crippen molar-refractivity contribution in [1.29, 1.82) is 0 Å². The first-order chi connectivity index (χ1) is 10.1. The number of ether oxygens (including phenoxy) is 2. The van der Waals surface area contributed by atoms with Crippen molar-refractivity contribution in [1.82, 2.24) is 0 Å².